The molecule has 3 heterocycles. The van der Waals surface area contributed by atoms with Gasteiger partial charge in [0.2, 0.25) is 11.9 Å². The summed E-state index contributed by atoms with van der Waals surface area (Å²) in [5.74, 6) is 1.97. The summed E-state index contributed by atoms with van der Waals surface area (Å²) < 4.78 is 0. The smallest absolute Gasteiger partial charge is 0.231 e. The summed E-state index contributed by atoms with van der Waals surface area (Å²) >= 11 is 0. The number of anilines is 2. The quantitative estimate of drug-likeness (QED) is 0.549. The molecule has 2 fully saturated rings. The van der Waals surface area contributed by atoms with Crippen LogP contribution >= 0.6 is 0 Å². The van der Waals surface area contributed by atoms with E-state index >= 15 is 0 Å². The lowest BCUT2D eigenvalue weighted by molar-refractivity contribution is 0.147. The number of phenolic OH excluding ortho intramolecular Hbond substituents is 1. The SMILES string of the molecule is OC[C@H]1Cc2ccccc2CN1c1nc(-c2cccc(O)c2)nc(N2CCN(C3CCCCC3)CC2)n1. The van der Waals surface area contributed by atoms with Crippen molar-refractivity contribution in [3.63, 3.8) is 0 Å². The van der Waals surface area contributed by atoms with Crippen LogP contribution in [0.5, 0.6) is 5.75 Å². The second-order valence-electron chi connectivity index (χ2n) is 10.6. The molecule has 3 aromatic rings. The molecule has 1 saturated carbocycles. The first kappa shape index (κ1) is 24.1. The summed E-state index contributed by atoms with van der Waals surface area (Å²) in [4.78, 5) is 21.7. The lowest BCUT2D eigenvalue weighted by Gasteiger charge is -2.41. The van der Waals surface area contributed by atoms with Crippen LogP contribution in [0.1, 0.15) is 43.2 Å². The number of hydrogen-bond acceptors (Lipinski definition) is 8. The van der Waals surface area contributed by atoms with E-state index in [1.54, 1.807) is 12.1 Å². The average molecular weight is 501 g/mol. The minimum atomic E-state index is -0.106. The van der Waals surface area contributed by atoms with E-state index in [4.69, 9.17) is 15.0 Å². The number of aromatic nitrogens is 3. The van der Waals surface area contributed by atoms with Gasteiger partial charge in [0.25, 0.3) is 0 Å². The van der Waals surface area contributed by atoms with E-state index in [2.05, 4.69) is 39.0 Å². The van der Waals surface area contributed by atoms with E-state index in [0.29, 0.717) is 30.3 Å². The van der Waals surface area contributed by atoms with Crippen molar-refractivity contribution in [1.29, 1.82) is 0 Å². The van der Waals surface area contributed by atoms with Crippen LogP contribution in [0.4, 0.5) is 11.9 Å². The summed E-state index contributed by atoms with van der Waals surface area (Å²) in [6, 6.07) is 16.1. The van der Waals surface area contributed by atoms with E-state index in [0.717, 1.165) is 38.2 Å². The van der Waals surface area contributed by atoms with Crippen molar-refractivity contribution >= 4 is 11.9 Å². The Bertz CT molecular complexity index is 1220. The van der Waals surface area contributed by atoms with Gasteiger partial charge in [-0.25, -0.2) is 0 Å². The van der Waals surface area contributed by atoms with Crippen molar-refractivity contribution in [3.05, 3.63) is 59.7 Å². The van der Waals surface area contributed by atoms with Crippen LogP contribution in [-0.2, 0) is 13.0 Å². The van der Waals surface area contributed by atoms with Crippen molar-refractivity contribution in [2.45, 2.75) is 57.2 Å². The van der Waals surface area contributed by atoms with Gasteiger partial charge in [0.05, 0.1) is 12.6 Å². The van der Waals surface area contributed by atoms with Crippen LogP contribution in [0.2, 0.25) is 0 Å². The molecule has 1 saturated heterocycles. The monoisotopic (exact) mass is 500 g/mol. The van der Waals surface area contributed by atoms with Crippen molar-refractivity contribution in [3.8, 4) is 17.1 Å². The molecule has 8 nitrogen and oxygen atoms in total. The van der Waals surface area contributed by atoms with E-state index in [1.807, 2.05) is 12.1 Å². The third-order valence-electron chi connectivity index (χ3n) is 8.23. The number of aliphatic hydroxyl groups excluding tert-OH is 1. The minimum Gasteiger partial charge on any atom is -0.508 e. The predicted molar refractivity (Wildman–Crippen MR) is 145 cm³/mol. The number of rotatable bonds is 5. The maximum Gasteiger partial charge on any atom is 0.231 e. The molecule has 0 radical (unpaired) electrons. The summed E-state index contributed by atoms with van der Waals surface area (Å²) in [7, 11) is 0. The number of piperazine rings is 1. The van der Waals surface area contributed by atoms with Crippen LogP contribution in [0.3, 0.4) is 0 Å². The second-order valence-corrected chi connectivity index (χ2v) is 10.6. The number of phenols is 1. The highest BCUT2D eigenvalue weighted by Gasteiger charge is 2.30. The van der Waals surface area contributed by atoms with Gasteiger partial charge >= 0.3 is 0 Å². The first-order valence-electron chi connectivity index (χ1n) is 13.7. The highest BCUT2D eigenvalue weighted by molar-refractivity contribution is 5.61. The molecule has 3 aliphatic rings. The van der Waals surface area contributed by atoms with E-state index in [-0.39, 0.29) is 18.4 Å². The van der Waals surface area contributed by atoms with Crippen molar-refractivity contribution in [1.82, 2.24) is 19.9 Å². The van der Waals surface area contributed by atoms with Crippen molar-refractivity contribution in [2.24, 2.45) is 0 Å². The van der Waals surface area contributed by atoms with Crippen LogP contribution in [0.15, 0.2) is 48.5 Å². The number of fused-ring (bicyclic) bond motifs is 1. The van der Waals surface area contributed by atoms with E-state index in [1.165, 1.54) is 43.2 Å². The zero-order chi connectivity index (χ0) is 25.2. The first-order valence-corrected chi connectivity index (χ1v) is 13.7. The number of hydrogen-bond donors (Lipinski definition) is 2. The highest BCUT2D eigenvalue weighted by Crippen LogP contribution is 2.30. The molecule has 8 heteroatoms. The van der Waals surface area contributed by atoms with Gasteiger partial charge in [-0.3, -0.25) is 4.90 Å². The van der Waals surface area contributed by atoms with Gasteiger partial charge in [-0.2, -0.15) is 15.0 Å². The molecular formula is C29H36N6O2. The molecule has 6 rings (SSSR count). The van der Waals surface area contributed by atoms with Crippen LogP contribution in [-0.4, -0.2) is 74.9 Å². The van der Waals surface area contributed by atoms with Crippen LogP contribution < -0.4 is 9.80 Å². The fourth-order valence-corrected chi connectivity index (χ4v) is 6.12. The molecule has 2 aliphatic heterocycles. The molecule has 194 valence electrons. The van der Waals surface area contributed by atoms with Gasteiger partial charge in [-0.15, -0.1) is 0 Å². The van der Waals surface area contributed by atoms with Gasteiger partial charge in [-0.1, -0.05) is 55.7 Å². The number of benzene rings is 2. The summed E-state index contributed by atoms with van der Waals surface area (Å²) in [6.07, 6.45) is 7.44. The fourth-order valence-electron chi connectivity index (χ4n) is 6.12. The molecule has 1 aromatic heterocycles. The Balaban J connectivity index is 1.32. The highest BCUT2D eigenvalue weighted by atomic mass is 16.3. The zero-order valence-electron chi connectivity index (χ0n) is 21.3. The Morgan fingerprint density at radius 2 is 1.57 bits per heavy atom. The summed E-state index contributed by atoms with van der Waals surface area (Å²) in [5.41, 5.74) is 3.25. The van der Waals surface area contributed by atoms with Crippen LogP contribution in [0, 0.1) is 0 Å². The normalized spacial score (nSPS) is 21.2. The van der Waals surface area contributed by atoms with E-state index < -0.39 is 0 Å². The second kappa shape index (κ2) is 10.6. The van der Waals surface area contributed by atoms with Crippen molar-refractivity contribution in [2.75, 3.05) is 42.6 Å². The predicted octanol–water partition coefficient (Wildman–Crippen LogP) is 3.62. The largest absolute Gasteiger partial charge is 0.508 e. The maximum atomic E-state index is 10.3. The lowest BCUT2D eigenvalue weighted by atomic mass is 9.94. The Morgan fingerprint density at radius 1 is 0.811 bits per heavy atom. The van der Waals surface area contributed by atoms with Gasteiger partial charge in [0.1, 0.15) is 5.75 Å². The topological polar surface area (TPSA) is 88.8 Å². The molecule has 0 spiro atoms. The van der Waals surface area contributed by atoms with Gasteiger partial charge < -0.3 is 20.0 Å². The number of aromatic hydroxyl groups is 1. The zero-order valence-corrected chi connectivity index (χ0v) is 21.3. The fraction of sp³-hybridized carbons (Fsp3) is 0.483. The molecular weight excluding hydrogens is 464 g/mol. The molecule has 2 N–H and O–H groups in total. The summed E-state index contributed by atoms with van der Waals surface area (Å²) in [6.45, 7) is 4.46. The Morgan fingerprint density at radius 3 is 2.32 bits per heavy atom. The Labute approximate surface area is 218 Å². The molecule has 1 atom stereocenters. The lowest BCUT2D eigenvalue weighted by Crippen LogP contribution is -2.51. The third-order valence-corrected chi connectivity index (χ3v) is 8.23. The van der Waals surface area contributed by atoms with Crippen LogP contribution in [0.25, 0.3) is 11.4 Å². The standard InChI is InChI=1S/C29H36N6O2/c36-20-25-17-21-7-4-5-8-23(21)19-35(25)29-31-27(22-9-6-12-26(37)18-22)30-28(32-29)34-15-13-33(14-16-34)24-10-2-1-3-11-24/h4-9,12,18,24-25,36-37H,1-3,10-11,13-17,19-20H2/t25-/m1/s1. The molecule has 0 amide bonds. The molecule has 0 unspecified atom stereocenters. The number of aliphatic hydroxyl groups is 1. The van der Waals surface area contributed by atoms with Crippen molar-refractivity contribution < 1.29 is 10.2 Å². The first-order chi connectivity index (χ1) is 18.2. The van der Waals surface area contributed by atoms with Gasteiger partial charge in [0, 0.05) is 44.3 Å². The van der Waals surface area contributed by atoms with E-state index in [9.17, 15) is 10.2 Å². The van der Waals surface area contributed by atoms with Gasteiger partial charge in [0.15, 0.2) is 5.82 Å². The third kappa shape index (κ3) is 5.13. The molecule has 37 heavy (non-hydrogen) atoms. The molecule has 1 aliphatic carbocycles. The molecule has 2 aromatic carbocycles. The molecule has 0 bridgehead atoms. The maximum absolute atomic E-state index is 10.3. The number of nitrogens with zero attached hydrogens (tertiary/aromatic N) is 6. The Hall–Kier alpha value is -3.23. The average Bonchev–Trinajstić information content (AvgIpc) is 2.97. The minimum absolute atomic E-state index is 0.0247. The Kier molecular flexibility index (Phi) is 6.93. The van der Waals surface area contributed by atoms with Gasteiger partial charge in [-0.05, 0) is 42.5 Å². The summed E-state index contributed by atoms with van der Waals surface area (Å²) in [5, 5.41) is 20.4.